The number of hydrogen-bond donors (Lipinski definition) is 0. The van der Waals surface area contributed by atoms with E-state index < -0.39 is 0 Å². The number of allylic oxidation sites excluding steroid dienone is 3. The molecule has 0 spiro atoms. The quantitative estimate of drug-likeness (QED) is 0.583. The van der Waals surface area contributed by atoms with E-state index in [1.54, 1.807) is 0 Å². The molecule has 2 aliphatic rings. The van der Waals surface area contributed by atoms with E-state index in [4.69, 9.17) is 0 Å². The summed E-state index contributed by atoms with van der Waals surface area (Å²) in [4.78, 5) is 2.37. The molecule has 0 amide bonds. The first kappa shape index (κ1) is 8.57. The summed E-state index contributed by atoms with van der Waals surface area (Å²) >= 11 is 0. The van der Waals surface area contributed by atoms with E-state index in [9.17, 15) is 0 Å². The van der Waals surface area contributed by atoms with E-state index in [1.165, 1.54) is 5.70 Å². The van der Waals surface area contributed by atoms with E-state index in [-0.39, 0.29) is 0 Å². The van der Waals surface area contributed by atoms with Gasteiger partial charge >= 0.3 is 0 Å². The van der Waals surface area contributed by atoms with E-state index >= 15 is 0 Å². The molecule has 0 saturated heterocycles. The lowest BCUT2D eigenvalue weighted by molar-refractivity contribution is -0.838. The summed E-state index contributed by atoms with van der Waals surface area (Å²) in [6, 6.07) is 0. The van der Waals surface area contributed by atoms with Crippen molar-refractivity contribution < 1.29 is 4.48 Å². The maximum Gasteiger partial charge on any atom is 0.163 e. The van der Waals surface area contributed by atoms with Gasteiger partial charge in [0.2, 0.25) is 0 Å². The standard InChI is InChI=1S/C11H17N2/c1-3-12-9-11-7-5-6-8-13(11,4-2)10-12/h5-9H,3-4,10H2,1-2H3/q+1. The van der Waals surface area contributed by atoms with Crippen LogP contribution in [0.3, 0.4) is 0 Å². The third-order valence-electron chi connectivity index (χ3n) is 2.98. The number of quaternary nitrogens is 1. The van der Waals surface area contributed by atoms with Crippen molar-refractivity contribution in [1.29, 1.82) is 0 Å². The minimum absolute atomic E-state index is 1.00. The maximum atomic E-state index is 2.37. The molecule has 1 atom stereocenters. The molecule has 0 aromatic rings. The molecule has 2 aliphatic heterocycles. The first-order valence-corrected chi connectivity index (χ1v) is 5.00. The highest BCUT2D eigenvalue weighted by Gasteiger charge is 2.35. The van der Waals surface area contributed by atoms with E-state index in [0.717, 1.165) is 24.2 Å². The molecule has 0 aliphatic carbocycles. The van der Waals surface area contributed by atoms with Gasteiger partial charge in [0.05, 0.1) is 12.7 Å². The molecule has 0 aromatic heterocycles. The van der Waals surface area contributed by atoms with Crippen molar-refractivity contribution in [3.63, 3.8) is 0 Å². The van der Waals surface area contributed by atoms with Crippen LogP contribution >= 0.6 is 0 Å². The second kappa shape index (κ2) is 3.04. The lowest BCUT2D eigenvalue weighted by Gasteiger charge is -2.31. The van der Waals surface area contributed by atoms with Gasteiger partial charge in [-0.05, 0) is 19.9 Å². The molecular weight excluding hydrogens is 160 g/mol. The Morgan fingerprint density at radius 1 is 1.38 bits per heavy atom. The Morgan fingerprint density at radius 3 is 2.85 bits per heavy atom. The summed E-state index contributed by atoms with van der Waals surface area (Å²) < 4.78 is 1.00. The molecule has 1 unspecified atom stereocenters. The van der Waals surface area contributed by atoms with Crippen LogP contribution in [0, 0.1) is 0 Å². The monoisotopic (exact) mass is 177 g/mol. The van der Waals surface area contributed by atoms with Crippen molar-refractivity contribution in [1.82, 2.24) is 4.90 Å². The van der Waals surface area contributed by atoms with E-state index in [2.05, 4.69) is 49.4 Å². The van der Waals surface area contributed by atoms with Crippen LogP contribution in [0.2, 0.25) is 0 Å². The average Bonchev–Trinajstić information content (AvgIpc) is 2.56. The third-order valence-corrected chi connectivity index (χ3v) is 2.98. The summed E-state index contributed by atoms with van der Waals surface area (Å²) in [7, 11) is 0. The lowest BCUT2D eigenvalue weighted by atomic mass is 10.2. The number of hydrogen-bond acceptors (Lipinski definition) is 1. The van der Waals surface area contributed by atoms with Crippen LogP contribution in [0.4, 0.5) is 0 Å². The van der Waals surface area contributed by atoms with Gasteiger partial charge in [-0.2, -0.15) is 0 Å². The molecule has 2 rings (SSSR count). The predicted octanol–water partition coefficient (Wildman–Crippen LogP) is 2.04. The van der Waals surface area contributed by atoms with Gasteiger partial charge in [-0.1, -0.05) is 6.08 Å². The van der Waals surface area contributed by atoms with Crippen LogP contribution in [-0.2, 0) is 0 Å². The van der Waals surface area contributed by atoms with Gasteiger partial charge in [0.1, 0.15) is 6.20 Å². The Kier molecular flexibility index (Phi) is 2.00. The summed E-state index contributed by atoms with van der Waals surface area (Å²) in [6.07, 6.45) is 11.1. The molecule has 0 bridgehead atoms. The Hall–Kier alpha value is -1.02. The van der Waals surface area contributed by atoms with Crippen molar-refractivity contribution >= 4 is 0 Å². The van der Waals surface area contributed by atoms with Gasteiger partial charge in [0, 0.05) is 12.6 Å². The van der Waals surface area contributed by atoms with Crippen LogP contribution in [0.1, 0.15) is 13.8 Å². The van der Waals surface area contributed by atoms with Gasteiger partial charge in [-0.15, -0.1) is 0 Å². The zero-order valence-electron chi connectivity index (χ0n) is 8.40. The lowest BCUT2D eigenvalue weighted by Crippen LogP contribution is -2.42. The van der Waals surface area contributed by atoms with Crippen molar-refractivity contribution in [3.05, 3.63) is 36.3 Å². The van der Waals surface area contributed by atoms with Crippen molar-refractivity contribution in [3.8, 4) is 0 Å². The van der Waals surface area contributed by atoms with Crippen LogP contribution in [0.25, 0.3) is 0 Å². The van der Waals surface area contributed by atoms with Gasteiger partial charge in [-0.3, -0.25) is 0 Å². The first-order chi connectivity index (χ1) is 6.30. The van der Waals surface area contributed by atoms with E-state index in [1.807, 2.05) is 0 Å². The Balaban J connectivity index is 2.32. The molecule has 2 heteroatoms. The molecule has 0 N–H and O–H groups in total. The molecule has 70 valence electrons. The molecule has 2 heterocycles. The Bertz CT molecular complexity index is 288. The SMILES string of the molecule is CCN1C=C2C=CC=C[N+]2(CC)C1. The largest absolute Gasteiger partial charge is 0.326 e. The molecule has 2 nitrogen and oxygen atoms in total. The molecular formula is C11H17N2+. The molecule has 0 saturated carbocycles. The summed E-state index contributed by atoms with van der Waals surface area (Å²) in [5.41, 5.74) is 1.42. The number of likely N-dealkylation sites (N-methyl/N-ethyl adjacent to an activating group) is 1. The zero-order chi connectivity index (χ0) is 9.31. The maximum absolute atomic E-state index is 2.37. The normalized spacial score (nSPS) is 30.6. The fourth-order valence-electron chi connectivity index (χ4n) is 2.02. The summed E-state index contributed by atoms with van der Waals surface area (Å²) in [5, 5.41) is 0. The molecule has 0 fully saturated rings. The van der Waals surface area contributed by atoms with Crippen LogP contribution in [-0.4, -0.2) is 29.1 Å². The fraction of sp³-hybridized carbons (Fsp3) is 0.455. The van der Waals surface area contributed by atoms with Gasteiger partial charge in [0.25, 0.3) is 0 Å². The van der Waals surface area contributed by atoms with Gasteiger partial charge < -0.3 is 4.90 Å². The number of fused-ring (bicyclic) bond motifs is 1. The van der Waals surface area contributed by atoms with Crippen molar-refractivity contribution in [2.24, 2.45) is 0 Å². The number of rotatable bonds is 2. The average molecular weight is 177 g/mol. The van der Waals surface area contributed by atoms with Crippen LogP contribution in [0.5, 0.6) is 0 Å². The minimum atomic E-state index is 1.00. The molecule has 0 aromatic carbocycles. The summed E-state index contributed by atoms with van der Waals surface area (Å²) in [5.74, 6) is 0. The van der Waals surface area contributed by atoms with Crippen molar-refractivity contribution in [2.75, 3.05) is 19.8 Å². The smallest absolute Gasteiger partial charge is 0.163 e. The predicted molar refractivity (Wildman–Crippen MR) is 54.4 cm³/mol. The van der Waals surface area contributed by atoms with Gasteiger partial charge in [-0.25, -0.2) is 4.48 Å². The Labute approximate surface area is 80.0 Å². The second-order valence-electron chi connectivity index (χ2n) is 3.65. The highest BCUT2D eigenvalue weighted by molar-refractivity contribution is 5.23. The Morgan fingerprint density at radius 2 is 2.23 bits per heavy atom. The first-order valence-electron chi connectivity index (χ1n) is 5.00. The zero-order valence-corrected chi connectivity index (χ0v) is 8.40. The molecule has 13 heavy (non-hydrogen) atoms. The van der Waals surface area contributed by atoms with Crippen LogP contribution < -0.4 is 0 Å². The highest BCUT2D eigenvalue weighted by atomic mass is 15.5. The number of nitrogens with zero attached hydrogens (tertiary/aromatic N) is 2. The fourth-order valence-corrected chi connectivity index (χ4v) is 2.02. The minimum Gasteiger partial charge on any atom is -0.326 e. The van der Waals surface area contributed by atoms with Gasteiger partial charge in [0.15, 0.2) is 12.4 Å². The van der Waals surface area contributed by atoms with Crippen molar-refractivity contribution in [2.45, 2.75) is 13.8 Å². The van der Waals surface area contributed by atoms with E-state index in [0.29, 0.717) is 0 Å². The van der Waals surface area contributed by atoms with Crippen LogP contribution in [0.15, 0.2) is 36.3 Å². The summed E-state index contributed by atoms with van der Waals surface area (Å²) in [6.45, 7) is 7.79. The topological polar surface area (TPSA) is 3.24 Å². The highest BCUT2D eigenvalue weighted by Crippen LogP contribution is 2.29. The third kappa shape index (κ3) is 1.22. The molecule has 0 radical (unpaired) electrons. The second-order valence-corrected chi connectivity index (χ2v) is 3.65.